The molecule has 2 rings (SSSR count). The summed E-state index contributed by atoms with van der Waals surface area (Å²) in [6, 6.07) is 7.43. The topological polar surface area (TPSA) is 80.3 Å². The number of esters is 1. The molecule has 2 aromatic rings. The molecule has 0 radical (unpaired) electrons. The minimum Gasteiger partial charge on any atom is -0.466 e. The van der Waals surface area contributed by atoms with E-state index in [1.165, 1.54) is 11.3 Å². The van der Waals surface area contributed by atoms with Crippen molar-refractivity contribution in [2.24, 2.45) is 0 Å². The summed E-state index contributed by atoms with van der Waals surface area (Å²) in [6.45, 7) is 8.44. The van der Waals surface area contributed by atoms with Gasteiger partial charge in [-0.1, -0.05) is 32.9 Å². The summed E-state index contributed by atoms with van der Waals surface area (Å²) in [5, 5.41) is 7.89. The summed E-state index contributed by atoms with van der Waals surface area (Å²) in [5.74, 6) is -0.625. The van der Waals surface area contributed by atoms with Gasteiger partial charge in [0, 0.05) is 10.9 Å². The molecule has 0 bridgehead atoms. The first-order valence-electron chi connectivity index (χ1n) is 8.52. The molecular formula is C19H23N3O3S2. The van der Waals surface area contributed by atoms with Crippen LogP contribution in [-0.4, -0.2) is 28.6 Å². The first kappa shape index (κ1) is 21.0. The minimum absolute atomic E-state index is 0.0258. The highest BCUT2D eigenvalue weighted by molar-refractivity contribution is 7.80. The smallest absolute Gasteiger partial charge is 0.311 e. The van der Waals surface area contributed by atoms with Gasteiger partial charge < -0.3 is 10.1 Å². The Morgan fingerprint density at radius 3 is 2.48 bits per heavy atom. The second-order valence-electron chi connectivity index (χ2n) is 6.86. The third-order valence-electron chi connectivity index (χ3n) is 3.64. The van der Waals surface area contributed by atoms with Gasteiger partial charge in [0.15, 0.2) is 10.2 Å². The highest BCUT2D eigenvalue weighted by Crippen LogP contribution is 2.22. The molecule has 27 heavy (non-hydrogen) atoms. The van der Waals surface area contributed by atoms with E-state index in [1.54, 1.807) is 24.4 Å². The van der Waals surface area contributed by atoms with Crippen molar-refractivity contribution < 1.29 is 14.3 Å². The highest BCUT2D eigenvalue weighted by atomic mass is 32.1. The highest BCUT2D eigenvalue weighted by Gasteiger charge is 2.15. The first-order chi connectivity index (χ1) is 12.7. The maximum atomic E-state index is 12.3. The van der Waals surface area contributed by atoms with E-state index in [0.29, 0.717) is 23.0 Å². The number of thiocarbonyl (C=S) groups is 1. The van der Waals surface area contributed by atoms with E-state index < -0.39 is 0 Å². The minimum atomic E-state index is -0.330. The summed E-state index contributed by atoms with van der Waals surface area (Å²) < 4.78 is 4.89. The van der Waals surface area contributed by atoms with Crippen molar-refractivity contribution in [1.82, 2.24) is 10.3 Å². The van der Waals surface area contributed by atoms with E-state index in [1.807, 2.05) is 12.1 Å². The van der Waals surface area contributed by atoms with Gasteiger partial charge in [0.25, 0.3) is 5.91 Å². The molecule has 0 saturated carbocycles. The van der Waals surface area contributed by atoms with Crippen LogP contribution in [0.2, 0.25) is 0 Å². The first-order valence-corrected chi connectivity index (χ1v) is 9.80. The van der Waals surface area contributed by atoms with E-state index in [4.69, 9.17) is 17.0 Å². The summed E-state index contributed by atoms with van der Waals surface area (Å²) >= 11 is 6.46. The lowest BCUT2D eigenvalue weighted by atomic mass is 9.87. The van der Waals surface area contributed by atoms with Crippen molar-refractivity contribution in [1.29, 1.82) is 0 Å². The molecule has 0 atom stereocenters. The molecule has 0 aliphatic carbocycles. The van der Waals surface area contributed by atoms with Crippen LogP contribution in [0, 0.1) is 0 Å². The lowest BCUT2D eigenvalue weighted by Crippen LogP contribution is -2.34. The number of nitrogens with one attached hydrogen (secondary N) is 2. The second-order valence-corrected chi connectivity index (χ2v) is 8.13. The third kappa shape index (κ3) is 6.41. The molecule has 8 heteroatoms. The van der Waals surface area contributed by atoms with E-state index in [2.05, 4.69) is 36.4 Å². The van der Waals surface area contributed by atoms with Crippen LogP contribution in [0.4, 0.5) is 5.13 Å². The molecule has 1 heterocycles. The van der Waals surface area contributed by atoms with Crippen molar-refractivity contribution in [3.63, 3.8) is 0 Å². The van der Waals surface area contributed by atoms with E-state index in [-0.39, 0.29) is 28.8 Å². The number of benzene rings is 1. The predicted molar refractivity (Wildman–Crippen MR) is 111 cm³/mol. The van der Waals surface area contributed by atoms with Crippen molar-refractivity contribution >= 4 is 45.7 Å². The molecule has 6 nitrogen and oxygen atoms in total. The van der Waals surface area contributed by atoms with Gasteiger partial charge in [-0.2, -0.15) is 0 Å². The van der Waals surface area contributed by atoms with Crippen molar-refractivity contribution in [2.45, 2.75) is 39.5 Å². The molecule has 0 aliphatic heterocycles. The van der Waals surface area contributed by atoms with Gasteiger partial charge in [0.1, 0.15) is 0 Å². The standard InChI is InChI=1S/C19H23N3O3S2/c1-5-25-15(23)10-14-11-27-18(20-14)22-17(26)21-16(24)12-6-8-13(9-7-12)19(2,3)4/h6-9,11H,5,10H2,1-4H3,(H2,20,21,22,24,26). The molecule has 1 amide bonds. The molecule has 0 fully saturated rings. The number of rotatable bonds is 5. The van der Waals surface area contributed by atoms with Gasteiger partial charge in [0.05, 0.1) is 18.7 Å². The average molecular weight is 406 g/mol. The second kappa shape index (κ2) is 9.05. The zero-order valence-electron chi connectivity index (χ0n) is 15.8. The third-order valence-corrected chi connectivity index (χ3v) is 4.65. The van der Waals surface area contributed by atoms with Crippen molar-refractivity contribution in [3.8, 4) is 0 Å². The Morgan fingerprint density at radius 1 is 1.22 bits per heavy atom. The van der Waals surface area contributed by atoms with Gasteiger partial charge in [0.2, 0.25) is 0 Å². The van der Waals surface area contributed by atoms with Gasteiger partial charge in [-0.25, -0.2) is 4.98 Å². The number of aromatic nitrogens is 1. The number of ether oxygens (including phenoxy) is 1. The largest absolute Gasteiger partial charge is 0.466 e. The number of hydrogen-bond donors (Lipinski definition) is 2. The molecular weight excluding hydrogens is 382 g/mol. The van der Waals surface area contributed by atoms with Crippen LogP contribution in [0.15, 0.2) is 29.6 Å². The number of thiazole rings is 1. The molecule has 0 aliphatic rings. The molecule has 144 valence electrons. The maximum absolute atomic E-state index is 12.3. The number of nitrogens with zero attached hydrogens (tertiary/aromatic N) is 1. The number of anilines is 1. The average Bonchev–Trinajstić information content (AvgIpc) is 3.00. The van der Waals surface area contributed by atoms with Crippen LogP contribution in [0.25, 0.3) is 0 Å². The summed E-state index contributed by atoms with van der Waals surface area (Å²) in [5.41, 5.74) is 2.29. The van der Waals surface area contributed by atoms with Crippen LogP contribution in [0.5, 0.6) is 0 Å². The number of carbonyl (C=O) groups is 2. The van der Waals surface area contributed by atoms with Gasteiger partial charge >= 0.3 is 5.97 Å². The molecule has 1 aromatic heterocycles. The Hall–Kier alpha value is -2.32. The quantitative estimate of drug-likeness (QED) is 0.584. The molecule has 2 N–H and O–H groups in total. The van der Waals surface area contributed by atoms with Crippen LogP contribution in [0.3, 0.4) is 0 Å². The van der Waals surface area contributed by atoms with Crippen LogP contribution < -0.4 is 10.6 Å². The van der Waals surface area contributed by atoms with Crippen LogP contribution >= 0.6 is 23.6 Å². The summed E-state index contributed by atoms with van der Waals surface area (Å²) in [7, 11) is 0. The Bertz CT molecular complexity index is 823. The molecule has 1 aromatic carbocycles. The monoisotopic (exact) mass is 405 g/mol. The Balaban J connectivity index is 1.91. The van der Waals surface area contributed by atoms with Gasteiger partial charge in [-0.15, -0.1) is 11.3 Å². The van der Waals surface area contributed by atoms with E-state index in [0.717, 1.165) is 5.56 Å². The van der Waals surface area contributed by atoms with Crippen molar-refractivity contribution in [3.05, 3.63) is 46.5 Å². The van der Waals surface area contributed by atoms with Crippen LogP contribution in [-0.2, 0) is 21.4 Å². The predicted octanol–water partition coefficient (Wildman–Crippen LogP) is 3.67. The Morgan fingerprint density at radius 2 is 1.89 bits per heavy atom. The SMILES string of the molecule is CCOC(=O)Cc1csc(NC(=S)NC(=O)c2ccc(C(C)(C)C)cc2)n1. The zero-order valence-corrected chi connectivity index (χ0v) is 17.4. The zero-order chi connectivity index (χ0) is 20.0. The van der Waals surface area contributed by atoms with E-state index >= 15 is 0 Å². The van der Waals surface area contributed by atoms with E-state index in [9.17, 15) is 9.59 Å². The van der Waals surface area contributed by atoms with Gasteiger partial charge in [-0.05, 0) is 42.3 Å². The van der Waals surface area contributed by atoms with Crippen LogP contribution in [0.1, 0.15) is 49.3 Å². The lowest BCUT2D eigenvalue weighted by Gasteiger charge is -2.19. The Labute approximate surface area is 168 Å². The fraction of sp³-hybridized carbons (Fsp3) is 0.368. The Kier molecular flexibility index (Phi) is 7.04. The molecule has 0 unspecified atom stereocenters. The number of amides is 1. The van der Waals surface area contributed by atoms with Gasteiger partial charge in [-0.3, -0.25) is 14.9 Å². The fourth-order valence-corrected chi connectivity index (χ4v) is 3.20. The number of hydrogen-bond acceptors (Lipinski definition) is 6. The normalized spacial score (nSPS) is 11.0. The lowest BCUT2D eigenvalue weighted by molar-refractivity contribution is -0.142. The maximum Gasteiger partial charge on any atom is 0.311 e. The number of carbonyl (C=O) groups excluding carboxylic acids is 2. The fourth-order valence-electron chi connectivity index (χ4n) is 2.23. The summed E-state index contributed by atoms with van der Waals surface area (Å²) in [6.07, 6.45) is 0.102. The molecule has 0 spiro atoms. The summed E-state index contributed by atoms with van der Waals surface area (Å²) in [4.78, 5) is 28.0. The van der Waals surface area contributed by atoms with Crippen molar-refractivity contribution in [2.75, 3.05) is 11.9 Å². The molecule has 0 saturated heterocycles.